The van der Waals surface area contributed by atoms with Crippen LogP contribution in [0.2, 0.25) is 0 Å². The highest BCUT2D eigenvalue weighted by atomic mass is 16.5. The highest BCUT2D eigenvalue weighted by Gasteiger charge is 2.22. The third-order valence-corrected chi connectivity index (χ3v) is 3.66. The van der Waals surface area contributed by atoms with Crippen molar-refractivity contribution >= 4 is 5.97 Å². The van der Waals surface area contributed by atoms with Crippen molar-refractivity contribution in [3.8, 4) is 0 Å². The van der Waals surface area contributed by atoms with Crippen LogP contribution < -0.4 is 0 Å². The molecule has 0 aromatic heterocycles. The number of carbonyl (C=O) groups is 1. The number of rotatable bonds is 5. The smallest absolute Gasteiger partial charge is 0.303 e. The van der Waals surface area contributed by atoms with E-state index in [1.165, 1.54) is 12.5 Å². The molecule has 0 spiro atoms. The second-order valence-electron chi connectivity index (χ2n) is 5.28. The van der Waals surface area contributed by atoms with Crippen molar-refractivity contribution in [1.82, 2.24) is 0 Å². The molecule has 0 saturated carbocycles. The molecule has 1 aromatic rings. The fourth-order valence-corrected chi connectivity index (χ4v) is 2.63. The van der Waals surface area contributed by atoms with Crippen molar-refractivity contribution in [2.45, 2.75) is 45.1 Å². The van der Waals surface area contributed by atoms with Gasteiger partial charge in [-0.2, -0.15) is 0 Å². The monoisotopic (exact) mass is 270 g/mol. The number of ether oxygens (including phenoxy) is 1. The zero-order valence-corrected chi connectivity index (χ0v) is 12.1. The topological polar surface area (TPSA) is 26.3 Å². The maximum absolute atomic E-state index is 11.2. The Morgan fingerprint density at radius 1 is 1.35 bits per heavy atom. The molecule has 2 heteroatoms. The molecule has 1 atom stereocenters. The van der Waals surface area contributed by atoms with Gasteiger partial charge in [-0.15, -0.1) is 0 Å². The Morgan fingerprint density at radius 2 is 2.10 bits per heavy atom. The molecule has 0 amide bonds. The van der Waals surface area contributed by atoms with Crippen LogP contribution in [0.1, 0.15) is 38.2 Å². The Labute approximate surface area is 121 Å². The van der Waals surface area contributed by atoms with E-state index in [4.69, 9.17) is 4.74 Å². The van der Waals surface area contributed by atoms with Crippen LogP contribution in [0.25, 0.3) is 0 Å². The highest BCUT2D eigenvalue weighted by molar-refractivity contribution is 5.66. The zero-order chi connectivity index (χ0) is 14.4. The van der Waals surface area contributed by atoms with E-state index >= 15 is 0 Å². The summed E-state index contributed by atoms with van der Waals surface area (Å²) in [4.78, 5) is 11.2. The summed E-state index contributed by atoms with van der Waals surface area (Å²) >= 11 is 0. The molecule has 0 N–H and O–H groups in total. The van der Waals surface area contributed by atoms with Gasteiger partial charge in [-0.25, -0.2) is 0 Å². The largest absolute Gasteiger partial charge is 0.458 e. The molecule has 1 aliphatic rings. The highest BCUT2D eigenvalue weighted by Crippen LogP contribution is 2.28. The van der Waals surface area contributed by atoms with Gasteiger partial charge in [-0.3, -0.25) is 4.79 Å². The predicted molar refractivity (Wildman–Crippen MR) is 81.4 cm³/mol. The van der Waals surface area contributed by atoms with E-state index in [1.54, 1.807) is 0 Å². The van der Waals surface area contributed by atoms with Crippen molar-refractivity contribution in [3.63, 3.8) is 0 Å². The zero-order valence-electron chi connectivity index (χ0n) is 12.1. The Bertz CT molecular complexity index is 499. The van der Waals surface area contributed by atoms with Crippen LogP contribution in [0.4, 0.5) is 0 Å². The third-order valence-electron chi connectivity index (χ3n) is 3.66. The average molecular weight is 270 g/mol. The van der Waals surface area contributed by atoms with Crippen LogP contribution in [0.15, 0.2) is 54.1 Å². The van der Waals surface area contributed by atoms with Crippen molar-refractivity contribution in [2.24, 2.45) is 0 Å². The molecule has 0 unspecified atom stereocenters. The van der Waals surface area contributed by atoms with Crippen molar-refractivity contribution in [3.05, 3.63) is 59.7 Å². The fraction of sp³-hybridized carbons (Fsp3) is 0.389. The summed E-state index contributed by atoms with van der Waals surface area (Å²) in [6.07, 6.45) is 7.02. The van der Waals surface area contributed by atoms with E-state index in [1.807, 2.05) is 6.07 Å². The van der Waals surface area contributed by atoms with Crippen molar-refractivity contribution in [2.75, 3.05) is 0 Å². The SMILES string of the molecule is C=C(CCc1ccccc1)C1=CCCC[C@@H]1OC(C)=O. The lowest BCUT2D eigenvalue weighted by atomic mass is 9.89. The third kappa shape index (κ3) is 4.09. The maximum atomic E-state index is 11.2. The summed E-state index contributed by atoms with van der Waals surface area (Å²) in [6, 6.07) is 10.4. The lowest BCUT2D eigenvalue weighted by Crippen LogP contribution is -2.22. The summed E-state index contributed by atoms with van der Waals surface area (Å²) in [7, 11) is 0. The van der Waals surface area contributed by atoms with Crippen LogP contribution in [-0.4, -0.2) is 12.1 Å². The molecule has 1 aromatic carbocycles. The van der Waals surface area contributed by atoms with Crippen LogP contribution in [0, 0.1) is 0 Å². The molecule has 0 fully saturated rings. The molecule has 20 heavy (non-hydrogen) atoms. The molecule has 1 aliphatic carbocycles. The van der Waals surface area contributed by atoms with Gasteiger partial charge in [0.05, 0.1) is 0 Å². The molecular formula is C18H22O2. The van der Waals surface area contributed by atoms with Gasteiger partial charge in [0.1, 0.15) is 6.10 Å². The van der Waals surface area contributed by atoms with Gasteiger partial charge in [-0.05, 0) is 48.8 Å². The molecule has 0 radical (unpaired) electrons. The number of carbonyl (C=O) groups excluding carboxylic acids is 1. The maximum Gasteiger partial charge on any atom is 0.303 e. The lowest BCUT2D eigenvalue weighted by Gasteiger charge is -2.25. The molecule has 0 saturated heterocycles. The standard InChI is InChI=1S/C18H22O2/c1-14(12-13-16-8-4-3-5-9-16)17-10-6-7-11-18(17)20-15(2)19/h3-5,8-10,18H,1,6-7,11-13H2,2H3/t18-/m0/s1. The fourth-order valence-electron chi connectivity index (χ4n) is 2.63. The van der Waals surface area contributed by atoms with Crippen LogP contribution in [-0.2, 0) is 16.0 Å². The first-order chi connectivity index (χ1) is 9.66. The van der Waals surface area contributed by atoms with Crippen LogP contribution in [0.5, 0.6) is 0 Å². The van der Waals surface area contributed by atoms with Crippen LogP contribution >= 0.6 is 0 Å². The summed E-state index contributed by atoms with van der Waals surface area (Å²) in [5.74, 6) is -0.210. The molecular weight excluding hydrogens is 248 g/mol. The number of aryl methyl sites for hydroxylation is 1. The van der Waals surface area contributed by atoms with Gasteiger partial charge in [0, 0.05) is 6.92 Å². The second kappa shape index (κ2) is 7.09. The second-order valence-corrected chi connectivity index (χ2v) is 5.28. The Hall–Kier alpha value is -1.83. The van der Waals surface area contributed by atoms with E-state index in [0.29, 0.717) is 0 Å². The van der Waals surface area contributed by atoms with Crippen molar-refractivity contribution in [1.29, 1.82) is 0 Å². The number of esters is 1. The Balaban J connectivity index is 1.96. The van der Waals surface area contributed by atoms with Gasteiger partial charge in [0.25, 0.3) is 0 Å². The number of hydrogen-bond acceptors (Lipinski definition) is 2. The first kappa shape index (κ1) is 14.6. The van der Waals surface area contributed by atoms with E-state index in [0.717, 1.165) is 43.3 Å². The van der Waals surface area contributed by atoms with Gasteiger partial charge in [0.2, 0.25) is 0 Å². The first-order valence-corrected chi connectivity index (χ1v) is 7.26. The normalized spacial score (nSPS) is 18.2. The predicted octanol–water partition coefficient (Wildman–Crippen LogP) is 4.22. The molecule has 106 valence electrons. The number of benzene rings is 1. The minimum Gasteiger partial charge on any atom is -0.458 e. The van der Waals surface area contributed by atoms with Gasteiger partial charge in [0.15, 0.2) is 0 Å². The van der Waals surface area contributed by atoms with Crippen LogP contribution in [0.3, 0.4) is 0 Å². The summed E-state index contributed by atoms with van der Waals surface area (Å²) < 4.78 is 5.41. The number of allylic oxidation sites excluding steroid dienone is 1. The minimum atomic E-state index is -0.210. The van der Waals surface area contributed by atoms with E-state index < -0.39 is 0 Å². The first-order valence-electron chi connectivity index (χ1n) is 7.26. The quantitative estimate of drug-likeness (QED) is 0.749. The molecule has 2 rings (SSSR count). The molecule has 0 heterocycles. The average Bonchev–Trinajstić information content (AvgIpc) is 2.46. The molecule has 0 aliphatic heterocycles. The molecule has 0 bridgehead atoms. The molecule has 2 nitrogen and oxygen atoms in total. The van der Waals surface area contributed by atoms with Gasteiger partial charge < -0.3 is 4.74 Å². The van der Waals surface area contributed by atoms with Crippen molar-refractivity contribution < 1.29 is 9.53 Å². The minimum absolute atomic E-state index is 0.0930. The van der Waals surface area contributed by atoms with E-state index in [9.17, 15) is 4.79 Å². The lowest BCUT2D eigenvalue weighted by molar-refractivity contribution is -0.144. The Morgan fingerprint density at radius 3 is 2.80 bits per heavy atom. The van der Waals surface area contributed by atoms with Gasteiger partial charge >= 0.3 is 5.97 Å². The summed E-state index contributed by atoms with van der Waals surface area (Å²) in [5, 5.41) is 0. The Kier molecular flexibility index (Phi) is 5.16. The van der Waals surface area contributed by atoms with E-state index in [-0.39, 0.29) is 12.1 Å². The number of hydrogen-bond donors (Lipinski definition) is 0. The summed E-state index contributed by atoms with van der Waals surface area (Å²) in [6.45, 7) is 5.66. The summed E-state index contributed by atoms with van der Waals surface area (Å²) in [5.41, 5.74) is 3.54. The van der Waals surface area contributed by atoms with Gasteiger partial charge in [-0.1, -0.05) is 43.0 Å². The van der Waals surface area contributed by atoms with E-state index in [2.05, 4.69) is 36.9 Å².